The number of carbonyl (C=O) groups is 1. The Morgan fingerprint density at radius 3 is 2.55 bits per heavy atom. The summed E-state index contributed by atoms with van der Waals surface area (Å²) in [7, 11) is 0. The molecule has 2 saturated heterocycles. The van der Waals surface area contributed by atoms with Crippen molar-refractivity contribution in [3.8, 4) is 0 Å². The van der Waals surface area contributed by atoms with Crippen molar-refractivity contribution in [2.24, 2.45) is 0 Å². The Kier molecular flexibility index (Phi) is 1.25. The van der Waals surface area contributed by atoms with Gasteiger partial charge in [-0.15, -0.1) is 0 Å². The second kappa shape index (κ2) is 1.95. The van der Waals surface area contributed by atoms with Crippen LogP contribution in [0.5, 0.6) is 0 Å². The summed E-state index contributed by atoms with van der Waals surface area (Å²) in [6.07, 6.45) is 1.33. The molecule has 0 aromatic rings. The van der Waals surface area contributed by atoms with E-state index in [4.69, 9.17) is 9.84 Å². The Labute approximate surface area is 63.8 Å². The van der Waals surface area contributed by atoms with Crippen molar-refractivity contribution in [2.75, 3.05) is 0 Å². The lowest BCUT2D eigenvalue weighted by Gasteiger charge is -2.24. The first kappa shape index (κ1) is 7.06. The summed E-state index contributed by atoms with van der Waals surface area (Å²) in [6.45, 7) is 0. The zero-order valence-corrected chi connectivity index (χ0v) is 5.99. The third-order valence-corrected chi connectivity index (χ3v) is 2.55. The second-order valence-corrected chi connectivity index (χ2v) is 3.26. The molecule has 4 heteroatoms. The lowest BCUT2D eigenvalue weighted by Crippen LogP contribution is -2.47. The topological polar surface area (TPSA) is 66.8 Å². The van der Waals surface area contributed by atoms with E-state index in [1.54, 1.807) is 0 Å². The summed E-state index contributed by atoms with van der Waals surface area (Å²) < 4.78 is 5.22. The highest BCUT2D eigenvalue weighted by atomic mass is 16.5. The van der Waals surface area contributed by atoms with Crippen LogP contribution in [0.2, 0.25) is 0 Å². The van der Waals surface area contributed by atoms with Gasteiger partial charge in [0.25, 0.3) is 0 Å². The van der Waals surface area contributed by atoms with E-state index < -0.39 is 17.7 Å². The Morgan fingerprint density at radius 2 is 2.27 bits per heavy atom. The molecule has 2 fully saturated rings. The van der Waals surface area contributed by atoms with Gasteiger partial charge in [-0.3, -0.25) is 0 Å². The van der Waals surface area contributed by atoms with Crippen LogP contribution in [0, 0.1) is 0 Å². The molecule has 0 aliphatic carbocycles. The third kappa shape index (κ3) is 0.795. The molecular weight excluding hydrogens is 148 g/mol. The molecular formula is C7H10O4. The van der Waals surface area contributed by atoms with E-state index in [0.717, 1.165) is 6.42 Å². The molecule has 0 aromatic heterocycles. The number of aliphatic hydroxyl groups is 1. The van der Waals surface area contributed by atoms with Crippen LogP contribution in [-0.2, 0) is 9.53 Å². The van der Waals surface area contributed by atoms with Crippen LogP contribution in [0.3, 0.4) is 0 Å². The molecule has 11 heavy (non-hydrogen) atoms. The monoisotopic (exact) mass is 158 g/mol. The van der Waals surface area contributed by atoms with Crippen LogP contribution in [0.15, 0.2) is 0 Å². The van der Waals surface area contributed by atoms with Crippen molar-refractivity contribution in [3.05, 3.63) is 0 Å². The Balaban J connectivity index is 2.23. The molecule has 4 nitrogen and oxygen atoms in total. The number of carboxylic acid groups (broad SMARTS) is 1. The Bertz CT molecular complexity index is 203. The van der Waals surface area contributed by atoms with Crippen molar-refractivity contribution >= 4 is 5.97 Å². The van der Waals surface area contributed by atoms with Gasteiger partial charge in [0.05, 0.1) is 12.2 Å². The maximum absolute atomic E-state index is 10.6. The van der Waals surface area contributed by atoms with Gasteiger partial charge in [-0.05, 0) is 12.8 Å². The number of rotatable bonds is 1. The number of ether oxygens (including phenoxy) is 1. The second-order valence-electron chi connectivity index (χ2n) is 3.26. The first-order valence-electron chi connectivity index (χ1n) is 3.74. The van der Waals surface area contributed by atoms with E-state index in [1.165, 1.54) is 0 Å². The van der Waals surface area contributed by atoms with Gasteiger partial charge in [-0.1, -0.05) is 0 Å². The number of carboxylic acids is 1. The highest BCUT2D eigenvalue weighted by molar-refractivity contribution is 5.78. The van der Waals surface area contributed by atoms with Crippen molar-refractivity contribution in [1.82, 2.24) is 0 Å². The van der Waals surface area contributed by atoms with Crippen LogP contribution in [0.25, 0.3) is 0 Å². The summed E-state index contributed by atoms with van der Waals surface area (Å²) in [6, 6.07) is 0. The van der Waals surface area contributed by atoms with Crippen molar-refractivity contribution in [1.29, 1.82) is 0 Å². The summed E-state index contributed by atoms with van der Waals surface area (Å²) in [5.41, 5.74) is -1.59. The molecule has 2 bridgehead atoms. The van der Waals surface area contributed by atoms with E-state index in [2.05, 4.69) is 0 Å². The minimum absolute atomic E-state index is 0.0268. The number of aliphatic carboxylic acids is 1. The molecule has 0 amide bonds. The molecule has 3 unspecified atom stereocenters. The summed E-state index contributed by atoms with van der Waals surface area (Å²) in [4.78, 5) is 10.6. The predicted octanol–water partition coefficient (Wildman–Crippen LogP) is -0.247. The lowest BCUT2D eigenvalue weighted by atomic mass is 9.85. The van der Waals surface area contributed by atoms with Gasteiger partial charge in [-0.2, -0.15) is 0 Å². The fraction of sp³-hybridized carbons (Fsp3) is 0.857. The molecule has 0 aromatic carbocycles. The summed E-state index contributed by atoms with van der Waals surface area (Å²) >= 11 is 0. The van der Waals surface area contributed by atoms with Crippen LogP contribution in [0.4, 0.5) is 0 Å². The normalized spacial score (nSPS) is 48.1. The fourth-order valence-corrected chi connectivity index (χ4v) is 1.91. The van der Waals surface area contributed by atoms with E-state index in [-0.39, 0.29) is 12.5 Å². The van der Waals surface area contributed by atoms with E-state index >= 15 is 0 Å². The van der Waals surface area contributed by atoms with Gasteiger partial charge >= 0.3 is 5.97 Å². The van der Waals surface area contributed by atoms with Gasteiger partial charge in [0.15, 0.2) is 5.60 Å². The van der Waals surface area contributed by atoms with Crippen LogP contribution in [0.1, 0.15) is 19.3 Å². The molecule has 0 saturated carbocycles. The van der Waals surface area contributed by atoms with Crippen LogP contribution in [-0.4, -0.2) is 34.0 Å². The van der Waals surface area contributed by atoms with Crippen molar-refractivity contribution in [2.45, 2.75) is 37.1 Å². The number of fused-ring (bicyclic) bond motifs is 2. The quantitative estimate of drug-likeness (QED) is 0.552. The van der Waals surface area contributed by atoms with Crippen LogP contribution < -0.4 is 0 Å². The number of hydrogen-bond acceptors (Lipinski definition) is 3. The van der Waals surface area contributed by atoms with E-state index in [9.17, 15) is 9.90 Å². The molecule has 2 rings (SSSR count). The fourth-order valence-electron chi connectivity index (χ4n) is 1.91. The van der Waals surface area contributed by atoms with Gasteiger partial charge in [0.1, 0.15) is 0 Å². The first-order chi connectivity index (χ1) is 5.13. The molecule has 0 spiro atoms. The summed E-state index contributed by atoms with van der Waals surface area (Å²) in [5, 5.41) is 18.2. The van der Waals surface area contributed by atoms with Gasteiger partial charge in [0.2, 0.25) is 0 Å². The predicted molar refractivity (Wildman–Crippen MR) is 35.1 cm³/mol. The largest absolute Gasteiger partial charge is 0.479 e. The van der Waals surface area contributed by atoms with Crippen molar-refractivity contribution in [3.63, 3.8) is 0 Å². The maximum atomic E-state index is 10.6. The average Bonchev–Trinajstić information content (AvgIpc) is 2.45. The van der Waals surface area contributed by atoms with E-state index in [0.29, 0.717) is 6.42 Å². The van der Waals surface area contributed by atoms with Crippen molar-refractivity contribution < 1.29 is 19.7 Å². The molecule has 3 atom stereocenters. The summed E-state index contributed by atoms with van der Waals surface area (Å²) in [5.74, 6) is -1.15. The van der Waals surface area contributed by atoms with Crippen LogP contribution >= 0.6 is 0 Å². The lowest BCUT2D eigenvalue weighted by molar-refractivity contribution is -0.163. The van der Waals surface area contributed by atoms with Gasteiger partial charge in [-0.25, -0.2) is 4.79 Å². The van der Waals surface area contributed by atoms with E-state index in [1.807, 2.05) is 0 Å². The Hall–Kier alpha value is -0.610. The van der Waals surface area contributed by atoms with Gasteiger partial charge in [0, 0.05) is 6.42 Å². The highest BCUT2D eigenvalue weighted by Gasteiger charge is 2.56. The zero-order chi connectivity index (χ0) is 8.06. The smallest absolute Gasteiger partial charge is 0.338 e. The molecule has 0 radical (unpaired) electrons. The minimum atomic E-state index is -1.59. The third-order valence-electron chi connectivity index (χ3n) is 2.55. The standard InChI is InChI=1S/C7H10O4/c8-6(9)7(10)3-4-1-2-5(7)11-4/h4-5,10H,1-3H2,(H,8,9). The maximum Gasteiger partial charge on any atom is 0.338 e. The zero-order valence-electron chi connectivity index (χ0n) is 5.99. The number of hydrogen-bond donors (Lipinski definition) is 2. The Morgan fingerprint density at radius 1 is 1.55 bits per heavy atom. The highest BCUT2D eigenvalue weighted by Crippen LogP contribution is 2.41. The molecule has 62 valence electrons. The SMILES string of the molecule is O=C(O)C1(O)CC2CCC1O2. The van der Waals surface area contributed by atoms with Gasteiger partial charge < -0.3 is 14.9 Å². The first-order valence-corrected chi connectivity index (χ1v) is 3.74. The average molecular weight is 158 g/mol. The molecule has 2 aliphatic heterocycles. The molecule has 2 aliphatic rings. The molecule has 2 heterocycles. The minimum Gasteiger partial charge on any atom is -0.479 e. The molecule has 2 N–H and O–H groups in total.